The van der Waals surface area contributed by atoms with Crippen LogP contribution in [0.25, 0.3) is 174 Å². The van der Waals surface area contributed by atoms with Gasteiger partial charge in [0.2, 0.25) is 0 Å². The van der Waals surface area contributed by atoms with Crippen molar-refractivity contribution in [2.75, 3.05) is 0 Å². The number of rotatable bonds is 4. The van der Waals surface area contributed by atoms with Gasteiger partial charge in [0, 0.05) is 0 Å². The van der Waals surface area contributed by atoms with Crippen LogP contribution in [0.3, 0.4) is 0 Å². The molecule has 0 aromatic heterocycles. The van der Waals surface area contributed by atoms with E-state index < -0.39 is 0 Å². The molecule has 0 amide bonds. The van der Waals surface area contributed by atoms with Crippen molar-refractivity contribution in [3.63, 3.8) is 0 Å². The predicted molar refractivity (Wildman–Crippen MR) is 301 cm³/mol. The van der Waals surface area contributed by atoms with Gasteiger partial charge < -0.3 is 0 Å². The number of fused-ring (bicyclic) bond motifs is 13. The summed E-state index contributed by atoms with van der Waals surface area (Å²) in [6, 6.07) is 87.2. The molecule has 0 fully saturated rings. The summed E-state index contributed by atoms with van der Waals surface area (Å²) in [6.07, 6.45) is 0. The van der Waals surface area contributed by atoms with Crippen molar-refractivity contribution in [1.82, 2.24) is 0 Å². The third-order valence-electron chi connectivity index (χ3n) is 16.4. The Hall–Kier alpha value is -9.10. The molecule has 0 nitrogen and oxygen atoms in total. The number of hydrogen-bond donors (Lipinski definition) is 0. The molecule has 70 heavy (non-hydrogen) atoms. The van der Waals surface area contributed by atoms with E-state index in [0.29, 0.717) is 0 Å². The number of benzene rings is 14. The first-order valence-electron chi connectivity index (χ1n) is 24.6. The average Bonchev–Trinajstić information content (AvgIpc) is 4.07. The lowest BCUT2D eigenvalue weighted by Crippen LogP contribution is -1.93. The van der Waals surface area contributed by atoms with Crippen molar-refractivity contribution < 1.29 is 0 Å². The van der Waals surface area contributed by atoms with Gasteiger partial charge in [-0.3, -0.25) is 0 Å². The summed E-state index contributed by atoms with van der Waals surface area (Å²) in [5.74, 6) is 0. The van der Waals surface area contributed by atoms with Crippen LogP contribution in [0.15, 0.2) is 231 Å². The summed E-state index contributed by atoms with van der Waals surface area (Å²) < 4.78 is 0. The van der Waals surface area contributed by atoms with Gasteiger partial charge in [-0.25, -0.2) is 0 Å². The predicted octanol–water partition coefficient (Wildman–Crippen LogP) is 19.8. The molecule has 0 radical (unpaired) electrons. The summed E-state index contributed by atoms with van der Waals surface area (Å²) in [6.45, 7) is 0. The van der Waals surface area contributed by atoms with Crippen LogP contribution >= 0.6 is 0 Å². The molecule has 0 heteroatoms. The minimum Gasteiger partial charge on any atom is -0.0622 e. The quantitative estimate of drug-likeness (QED) is 0.122. The molecule has 0 saturated heterocycles. The molecule has 0 N–H and O–H groups in total. The van der Waals surface area contributed by atoms with E-state index in [1.165, 1.54) is 174 Å². The number of hydrogen-bond acceptors (Lipinski definition) is 0. The van der Waals surface area contributed by atoms with Gasteiger partial charge in [0.1, 0.15) is 0 Å². The van der Waals surface area contributed by atoms with E-state index in [9.17, 15) is 0 Å². The van der Waals surface area contributed by atoms with Crippen LogP contribution in [0.2, 0.25) is 0 Å². The molecule has 17 rings (SSSR count). The first kappa shape index (κ1) is 37.0. The smallest absolute Gasteiger partial charge is 0.000696 e. The molecule has 0 atom stereocenters. The average molecular weight is 879 g/mol. The zero-order valence-corrected chi connectivity index (χ0v) is 37.9. The lowest BCUT2D eigenvalue weighted by molar-refractivity contribution is 1.62. The van der Waals surface area contributed by atoms with Crippen molar-refractivity contribution in [1.29, 1.82) is 0 Å². The van der Waals surface area contributed by atoms with Crippen LogP contribution in [0, 0.1) is 0 Å². The maximum Gasteiger partial charge on any atom is -0.000696 e. The second-order valence-corrected chi connectivity index (χ2v) is 19.6. The van der Waals surface area contributed by atoms with Gasteiger partial charge >= 0.3 is 0 Å². The monoisotopic (exact) mass is 878 g/mol. The lowest BCUT2D eigenvalue weighted by Gasteiger charge is -2.21. The van der Waals surface area contributed by atoms with Gasteiger partial charge in [-0.15, -0.1) is 0 Å². The summed E-state index contributed by atoms with van der Waals surface area (Å²) in [4.78, 5) is 0. The van der Waals surface area contributed by atoms with Gasteiger partial charge in [0.15, 0.2) is 0 Å². The molecule has 0 aliphatic heterocycles. The molecular formula is C70H38. The van der Waals surface area contributed by atoms with E-state index in [-0.39, 0.29) is 0 Å². The molecule has 318 valence electrons. The minimum atomic E-state index is 1.23. The van der Waals surface area contributed by atoms with Crippen molar-refractivity contribution in [3.05, 3.63) is 231 Å². The largest absolute Gasteiger partial charge is 0.0622 e. The Balaban J connectivity index is 1.10. The van der Waals surface area contributed by atoms with Gasteiger partial charge in [-0.05, 0) is 181 Å². The van der Waals surface area contributed by atoms with E-state index in [1.807, 2.05) is 0 Å². The van der Waals surface area contributed by atoms with Crippen LogP contribution in [0.5, 0.6) is 0 Å². The zero-order valence-electron chi connectivity index (χ0n) is 37.9. The van der Waals surface area contributed by atoms with E-state index in [4.69, 9.17) is 0 Å². The highest BCUT2D eigenvalue weighted by molar-refractivity contribution is 6.52. The van der Waals surface area contributed by atoms with Crippen LogP contribution < -0.4 is 0 Å². The third-order valence-corrected chi connectivity index (χ3v) is 16.4. The molecular weight excluding hydrogens is 841 g/mol. The molecule has 16 aromatic carbocycles. The SMILES string of the molecule is c1ccc(-c2c3c(c(-c4ccccc4)c4ccccc24)-c2cc(-c4ccccc4)c4c5ccc6c7c(ccc(c8ccc-3c2c84)c57)c2c(-c3ccccc3)c3cccc4c5ccccc5c(c34)c62)cc1. The second kappa shape index (κ2) is 13.3. The fourth-order valence-electron chi connectivity index (χ4n) is 13.9. The normalized spacial score (nSPS) is 12.6. The van der Waals surface area contributed by atoms with Crippen LogP contribution in [-0.4, -0.2) is 0 Å². The summed E-state index contributed by atoms with van der Waals surface area (Å²) in [5.41, 5.74) is 15.5. The summed E-state index contributed by atoms with van der Waals surface area (Å²) >= 11 is 0. The van der Waals surface area contributed by atoms with E-state index in [1.54, 1.807) is 0 Å². The topological polar surface area (TPSA) is 0 Å². The van der Waals surface area contributed by atoms with E-state index >= 15 is 0 Å². The van der Waals surface area contributed by atoms with Crippen LogP contribution in [0.1, 0.15) is 0 Å². The standard InChI is InChI=1S/C70H38/c1-5-18-39(19-6-1)55-38-56-64-54(67-57(40-20-7-2-8-21-40)46-28-15-16-29-47(46)58(70(56)67)41-22-9-3-10-23-41)35-33-49-48-32-34-52-62-53(37-36-51(60(48)62)63(55)65(49)64)69-66-45-27-14-13-26-43(45)44-30-17-31-50(61(44)66)59(68(52)69)42-24-11-4-12-25-42/h1-38H. The molecule has 16 aromatic rings. The van der Waals surface area contributed by atoms with E-state index in [0.717, 1.165) is 0 Å². The Morgan fingerprint density at radius 3 is 1.16 bits per heavy atom. The van der Waals surface area contributed by atoms with Crippen molar-refractivity contribution in [2.45, 2.75) is 0 Å². The van der Waals surface area contributed by atoms with Crippen LogP contribution in [-0.2, 0) is 0 Å². The van der Waals surface area contributed by atoms with Crippen molar-refractivity contribution in [2.24, 2.45) is 0 Å². The maximum absolute atomic E-state index is 2.57. The minimum absolute atomic E-state index is 1.23. The van der Waals surface area contributed by atoms with Crippen LogP contribution in [0.4, 0.5) is 0 Å². The van der Waals surface area contributed by atoms with Gasteiger partial charge in [0.05, 0.1) is 0 Å². The fourth-order valence-corrected chi connectivity index (χ4v) is 13.9. The Kier molecular flexibility index (Phi) is 7.03. The highest BCUT2D eigenvalue weighted by atomic mass is 14.4. The Bertz CT molecular complexity index is 4870. The molecule has 0 unspecified atom stereocenters. The molecule has 0 heterocycles. The maximum atomic E-state index is 2.57. The first-order valence-corrected chi connectivity index (χ1v) is 24.6. The highest BCUT2D eigenvalue weighted by Crippen LogP contribution is 2.62. The molecule has 1 aliphatic carbocycles. The Morgan fingerprint density at radius 2 is 0.514 bits per heavy atom. The van der Waals surface area contributed by atoms with Gasteiger partial charge in [0.25, 0.3) is 0 Å². The Labute approximate surface area is 402 Å². The Morgan fingerprint density at radius 1 is 0.143 bits per heavy atom. The van der Waals surface area contributed by atoms with Gasteiger partial charge in [-0.1, -0.05) is 224 Å². The third kappa shape index (κ3) is 4.48. The second-order valence-electron chi connectivity index (χ2n) is 19.6. The lowest BCUT2D eigenvalue weighted by atomic mass is 9.82. The molecule has 0 bridgehead atoms. The molecule has 0 saturated carbocycles. The first-order chi connectivity index (χ1) is 34.8. The van der Waals surface area contributed by atoms with Crippen molar-refractivity contribution in [3.8, 4) is 66.8 Å². The summed E-state index contributed by atoms with van der Waals surface area (Å²) in [5, 5.41) is 26.7. The highest BCUT2D eigenvalue weighted by Gasteiger charge is 2.34. The summed E-state index contributed by atoms with van der Waals surface area (Å²) in [7, 11) is 0. The molecule has 1 aliphatic rings. The zero-order chi connectivity index (χ0) is 45.3. The molecule has 0 spiro atoms. The van der Waals surface area contributed by atoms with Gasteiger partial charge in [-0.2, -0.15) is 0 Å². The van der Waals surface area contributed by atoms with Crippen molar-refractivity contribution >= 4 is 108 Å². The van der Waals surface area contributed by atoms with E-state index in [2.05, 4.69) is 231 Å². The fraction of sp³-hybridized carbons (Fsp3) is 0.